The minimum absolute atomic E-state index is 0.0417. The molecule has 0 aliphatic carbocycles. The van der Waals surface area contributed by atoms with Crippen molar-refractivity contribution in [3.8, 4) is 11.1 Å². The zero-order valence-electron chi connectivity index (χ0n) is 14.1. The van der Waals surface area contributed by atoms with Gasteiger partial charge in [-0.3, -0.25) is 4.79 Å². The summed E-state index contributed by atoms with van der Waals surface area (Å²) < 4.78 is 1.91. The van der Waals surface area contributed by atoms with Crippen molar-refractivity contribution in [2.75, 3.05) is 0 Å². The maximum Gasteiger partial charge on any atom is 0.173 e. The van der Waals surface area contributed by atoms with E-state index in [1.165, 1.54) is 16.9 Å². The molecule has 4 nitrogen and oxygen atoms in total. The van der Waals surface area contributed by atoms with E-state index in [9.17, 15) is 4.79 Å². The number of fused-ring (bicyclic) bond motifs is 1. The first-order valence-corrected chi connectivity index (χ1v) is 8.96. The van der Waals surface area contributed by atoms with Crippen LogP contribution in [0, 0.1) is 13.8 Å². The number of hydrogen-bond donors (Lipinski definition) is 0. The van der Waals surface area contributed by atoms with Gasteiger partial charge in [-0.2, -0.15) is 0 Å². The molecule has 0 amide bonds. The van der Waals surface area contributed by atoms with Crippen LogP contribution < -0.4 is 0 Å². The lowest BCUT2D eigenvalue weighted by Gasteiger charge is -2.08. The molecule has 0 saturated carbocycles. The highest BCUT2D eigenvalue weighted by Crippen LogP contribution is 2.25. The summed E-state index contributed by atoms with van der Waals surface area (Å²) >= 11 is 1.52. The molecular weight excluding hydrogens is 330 g/mol. The largest absolute Gasteiger partial charge is 0.306 e. The van der Waals surface area contributed by atoms with Crippen LogP contribution >= 0.6 is 11.3 Å². The number of ketones is 1. The quantitative estimate of drug-likeness (QED) is 0.511. The van der Waals surface area contributed by atoms with E-state index >= 15 is 0 Å². The van der Waals surface area contributed by atoms with Crippen LogP contribution in [-0.2, 0) is 6.42 Å². The van der Waals surface area contributed by atoms with Crippen LogP contribution in [0.25, 0.3) is 16.8 Å². The van der Waals surface area contributed by atoms with Crippen molar-refractivity contribution < 1.29 is 4.79 Å². The molecule has 25 heavy (non-hydrogen) atoms. The molecule has 0 saturated heterocycles. The van der Waals surface area contributed by atoms with Gasteiger partial charge in [-0.15, -0.1) is 11.3 Å². The Morgan fingerprint density at radius 1 is 1.20 bits per heavy atom. The third-order valence-electron chi connectivity index (χ3n) is 4.12. The molecule has 0 unspecified atom stereocenters. The monoisotopic (exact) mass is 347 g/mol. The Hall–Kier alpha value is -2.79. The summed E-state index contributed by atoms with van der Waals surface area (Å²) in [5, 5.41) is 2.81. The average molecular weight is 347 g/mol. The van der Waals surface area contributed by atoms with Gasteiger partial charge < -0.3 is 4.40 Å². The molecule has 124 valence electrons. The van der Waals surface area contributed by atoms with Crippen LogP contribution in [0.3, 0.4) is 0 Å². The topological polar surface area (TPSA) is 47.3 Å². The molecule has 3 aromatic heterocycles. The van der Waals surface area contributed by atoms with Crippen LogP contribution in [0.4, 0.5) is 0 Å². The molecule has 4 rings (SSSR count). The summed E-state index contributed by atoms with van der Waals surface area (Å²) in [5.41, 5.74) is 5.57. The van der Waals surface area contributed by atoms with Crippen molar-refractivity contribution in [1.82, 2.24) is 14.4 Å². The highest BCUT2D eigenvalue weighted by molar-refractivity contribution is 7.09. The van der Waals surface area contributed by atoms with Crippen LogP contribution in [0.5, 0.6) is 0 Å². The number of imidazole rings is 1. The maximum absolute atomic E-state index is 12.9. The average Bonchev–Trinajstić information content (AvgIpc) is 3.22. The SMILES string of the molecule is Cc1cccc(-c2cc(C(=O)Cc3nc(C)cs3)c3nccn3c2)c1. The Morgan fingerprint density at radius 2 is 2.08 bits per heavy atom. The van der Waals surface area contributed by atoms with Crippen molar-refractivity contribution in [1.29, 1.82) is 0 Å². The van der Waals surface area contributed by atoms with Crippen LogP contribution in [0.1, 0.15) is 26.6 Å². The van der Waals surface area contributed by atoms with E-state index in [4.69, 9.17) is 0 Å². The van der Waals surface area contributed by atoms with E-state index in [-0.39, 0.29) is 5.78 Å². The first kappa shape index (κ1) is 15.7. The summed E-state index contributed by atoms with van der Waals surface area (Å²) in [5.74, 6) is 0.0417. The molecular formula is C20H17N3OS. The number of aromatic nitrogens is 3. The van der Waals surface area contributed by atoms with Gasteiger partial charge in [0.2, 0.25) is 0 Å². The fourth-order valence-corrected chi connectivity index (χ4v) is 3.71. The molecule has 1 aromatic carbocycles. The Balaban J connectivity index is 1.79. The van der Waals surface area contributed by atoms with Gasteiger partial charge in [0.1, 0.15) is 10.7 Å². The molecule has 0 bridgehead atoms. The third kappa shape index (κ3) is 3.10. The Kier molecular flexibility index (Phi) is 3.93. The minimum atomic E-state index is 0.0417. The van der Waals surface area contributed by atoms with Crippen LogP contribution in [0.15, 0.2) is 54.3 Å². The number of aryl methyl sites for hydroxylation is 2. The summed E-state index contributed by atoms with van der Waals surface area (Å²) in [4.78, 5) is 21.7. The van der Waals surface area contributed by atoms with E-state index in [0.29, 0.717) is 17.6 Å². The highest BCUT2D eigenvalue weighted by Gasteiger charge is 2.16. The van der Waals surface area contributed by atoms with E-state index in [0.717, 1.165) is 21.8 Å². The fourth-order valence-electron chi connectivity index (χ4n) is 2.94. The lowest BCUT2D eigenvalue weighted by atomic mass is 10.0. The lowest BCUT2D eigenvalue weighted by Crippen LogP contribution is -2.07. The number of benzene rings is 1. The maximum atomic E-state index is 12.9. The molecule has 3 heterocycles. The van der Waals surface area contributed by atoms with Gasteiger partial charge in [0.15, 0.2) is 5.78 Å². The first-order chi connectivity index (χ1) is 12.1. The zero-order valence-corrected chi connectivity index (χ0v) is 14.9. The molecule has 0 radical (unpaired) electrons. The van der Waals surface area contributed by atoms with Crippen molar-refractivity contribution in [2.45, 2.75) is 20.3 Å². The number of hydrogen-bond acceptors (Lipinski definition) is 4. The second kappa shape index (κ2) is 6.26. The predicted octanol–water partition coefficient (Wildman–Crippen LogP) is 4.50. The van der Waals surface area contributed by atoms with Gasteiger partial charge in [0.05, 0.1) is 12.0 Å². The van der Waals surface area contributed by atoms with Gasteiger partial charge >= 0.3 is 0 Å². The summed E-state index contributed by atoms with van der Waals surface area (Å²) in [6.45, 7) is 4.01. The van der Waals surface area contributed by atoms with Crippen LogP contribution in [0.2, 0.25) is 0 Å². The minimum Gasteiger partial charge on any atom is -0.306 e. The van der Waals surface area contributed by atoms with Crippen molar-refractivity contribution in [2.24, 2.45) is 0 Å². The standard InChI is InChI=1S/C20H17N3OS/c1-13-4-3-5-15(8-13)16-9-17(20-21-6-7-23(20)11-16)18(24)10-19-22-14(2)12-25-19/h3-9,11-12H,10H2,1-2H3. The van der Waals surface area contributed by atoms with Gasteiger partial charge in [-0.05, 0) is 31.0 Å². The Morgan fingerprint density at radius 3 is 2.84 bits per heavy atom. The normalized spacial score (nSPS) is 11.1. The van der Waals surface area contributed by atoms with Gasteiger partial charge in [-0.25, -0.2) is 9.97 Å². The molecule has 0 spiro atoms. The van der Waals surface area contributed by atoms with E-state index in [2.05, 4.69) is 35.1 Å². The van der Waals surface area contributed by atoms with Gasteiger partial charge in [0, 0.05) is 29.7 Å². The Bertz CT molecular complexity index is 1080. The molecule has 0 N–H and O–H groups in total. The molecule has 0 aliphatic heterocycles. The van der Waals surface area contributed by atoms with Crippen LogP contribution in [-0.4, -0.2) is 20.2 Å². The molecule has 0 atom stereocenters. The number of Topliss-reactive ketones (excluding diaryl/α,β-unsaturated/α-hetero) is 1. The molecule has 5 heteroatoms. The van der Waals surface area contributed by atoms with E-state index in [1.54, 1.807) is 6.20 Å². The van der Waals surface area contributed by atoms with E-state index in [1.807, 2.05) is 41.2 Å². The molecule has 4 aromatic rings. The third-order valence-corrected chi connectivity index (χ3v) is 5.08. The molecule has 0 fully saturated rings. The lowest BCUT2D eigenvalue weighted by molar-refractivity contribution is 0.0994. The number of carbonyl (C=O) groups excluding carboxylic acids is 1. The summed E-state index contributed by atoms with van der Waals surface area (Å²) in [6.07, 6.45) is 5.92. The summed E-state index contributed by atoms with van der Waals surface area (Å²) in [7, 11) is 0. The smallest absolute Gasteiger partial charge is 0.173 e. The number of rotatable bonds is 4. The van der Waals surface area contributed by atoms with Crippen molar-refractivity contribution >= 4 is 22.8 Å². The second-order valence-corrected chi connectivity index (χ2v) is 7.10. The zero-order chi connectivity index (χ0) is 17.4. The van der Waals surface area contributed by atoms with Gasteiger partial charge in [-0.1, -0.05) is 29.8 Å². The fraction of sp³-hybridized carbons (Fsp3) is 0.150. The summed E-state index contributed by atoms with van der Waals surface area (Å²) in [6, 6.07) is 10.2. The number of thiazole rings is 1. The Labute approximate surface area is 149 Å². The van der Waals surface area contributed by atoms with Crippen molar-refractivity contribution in [3.05, 3.63) is 76.1 Å². The molecule has 0 aliphatic rings. The van der Waals surface area contributed by atoms with Crippen molar-refractivity contribution in [3.63, 3.8) is 0 Å². The first-order valence-electron chi connectivity index (χ1n) is 8.08. The number of nitrogens with zero attached hydrogens (tertiary/aromatic N) is 3. The predicted molar refractivity (Wildman–Crippen MR) is 100 cm³/mol. The number of carbonyl (C=O) groups is 1. The highest BCUT2D eigenvalue weighted by atomic mass is 32.1. The number of pyridine rings is 1. The van der Waals surface area contributed by atoms with E-state index < -0.39 is 0 Å². The van der Waals surface area contributed by atoms with Gasteiger partial charge in [0.25, 0.3) is 0 Å². The second-order valence-electron chi connectivity index (χ2n) is 6.15.